The molecular weight excluding hydrogens is 368 g/mol. The van der Waals surface area contributed by atoms with Crippen LogP contribution in [0, 0.1) is 5.92 Å². The van der Waals surface area contributed by atoms with Gasteiger partial charge < -0.3 is 10.6 Å². The predicted molar refractivity (Wildman–Crippen MR) is 114 cm³/mol. The van der Waals surface area contributed by atoms with Crippen LogP contribution < -0.4 is 10.6 Å². The minimum atomic E-state index is -0.100. The number of benzene rings is 2. The van der Waals surface area contributed by atoms with Crippen LogP contribution in [0.1, 0.15) is 48.5 Å². The standard InChI is InChI=1S/C23H24N2O2S/c1-15-6-2-3-7-18(15)24-22(26)17-12-10-16(11-13-17)14-21-23(27)25-19-8-4-5-9-20(19)28-21/h4-5,8-15,18H,2-3,6-7H2,1H3,(H,24,26)(H,25,27)/b21-14+/t15-,18+/m1/s1. The molecule has 1 heterocycles. The van der Waals surface area contributed by atoms with Crippen molar-refractivity contribution in [1.82, 2.24) is 5.32 Å². The van der Waals surface area contributed by atoms with Gasteiger partial charge in [-0.1, -0.05) is 55.8 Å². The van der Waals surface area contributed by atoms with Crippen LogP contribution in [0.15, 0.2) is 58.3 Å². The molecule has 2 amide bonds. The molecule has 0 radical (unpaired) electrons. The van der Waals surface area contributed by atoms with Crippen LogP contribution in [-0.2, 0) is 4.79 Å². The van der Waals surface area contributed by atoms with E-state index in [4.69, 9.17) is 0 Å². The SMILES string of the molecule is C[C@@H]1CCCC[C@@H]1NC(=O)c1ccc(/C=C2/Sc3ccccc3NC2=O)cc1. The van der Waals surface area contributed by atoms with Gasteiger partial charge in [-0.2, -0.15) is 0 Å². The number of rotatable bonds is 3. The molecule has 4 rings (SSSR count). The van der Waals surface area contributed by atoms with Gasteiger partial charge in [0, 0.05) is 16.5 Å². The van der Waals surface area contributed by atoms with Crippen molar-refractivity contribution in [3.8, 4) is 0 Å². The van der Waals surface area contributed by atoms with Gasteiger partial charge >= 0.3 is 0 Å². The number of amides is 2. The van der Waals surface area contributed by atoms with Crippen LogP contribution in [0.4, 0.5) is 5.69 Å². The monoisotopic (exact) mass is 392 g/mol. The summed E-state index contributed by atoms with van der Waals surface area (Å²) < 4.78 is 0. The maximum Gasteiger partial charge on any atom is 0.262 e. The quantitative estimate of drug-likeness (QED) is 0.716. The van der Waals surface area contributed by atoms with Gasteiger partial charge in [-0.15, -0.1) is 0 Å². The summed E-state index contributed by atoms with van der Waals surface area (Å²) >= 11 is 1.46. The molecule has 2 atom stereocenters. The lowest BCUT2D eigenvalue weighted by molar-refractivity contribution is -0.112. The first-order valence-corrected chi connectivity index (χ1v) is 10.6. The van der Waals surface area contributed by atoms with Crippen molar-refractivity contribution >= 4 is 35.3 Å². The second-order valence-corrected chi connectivity index (χ2v) is 8.61. The fourth-order valence-corrected chi connectivity index (χ4v) is 4.72. The Morgan fingerprint density at radius 2 is 1.86 bits per heavy atom. The highest BCUT2D eigenvalue weighted by atomic mass is 32.2. The first-order valence-electron chi connectivity index (χ1n) is 9.81. The van der Waals surface area contributed by atoms with Crippen molar-refractivity contribution in [3.05, 3.63) is 64.6 Å². The first kappa shape index (κ1) is 18.8. The average Bonchev–Trinajstić information content (AvgIpc) is 2.71. The molecule has 144 valence electrons. The van der Waals surface area contributed by atoms with Gasteiger partial charge in [0.1, 0.15) is 0 Å². The van der Waals surface area contributed by atoms with Crippen LogP contribution in [0.2, 0.25) is 0 Å². The number of para-hydroxylation sites is 1. The fraction of sp³-hybridized carbons (Fsp3) is 0.304. The summed E-state index contributed by atoms with van der Waals surface area (Å²) in [4.78, 5) is 26.6. The molecule has 0 bridgehead atoms. The number of hydrogen-bond acceptors (Lipinski definition) is 3. The second-order valence-electron chi connectivity index (χ2n) is 7.52. The average molecular weight is 393 g/mol. The van der Waals surface area contributed by atoms with Crippen molar-refractivity contribution in [2.45, 2.75) is 43.5 Å². The largest absolute Gasteiger partial charge is 0.349 e. The van der Waals surface area contributed by atoms with Gasteiger partial charge in [0.2, 0.25) is 0 Å². The van der Waals surface area contributed by atoms with E-state index in [1.54, 1.807) is 0 Å². The Bertz CT molecular complexity index is 920. The first-order chi connectivity index (χ1) is 13.6. The molecule has 1 saturated carbocycles. The van der Waals surface area contributed by atoms with Crippen LogP contribution in [0.5, 0.6) is 0 Å². The number of carbonyl (C=O) groups is 2. The molecule has 0 saturated heterocycles. The molecule has 0 unspecified atom stereocenters. The molecule has 1 fully saturated rings. The lowest BCUT2D eigenvalue weighted by Gasteiger charge is -2.29. The van der Waals surface area contributed by atoms with Gasteiger partial charge in [0.15, 0.2) is 0 Å². The summed E-state index contributed by atoms with van der Waals surface area (Å²) in [6, 6.07) is 15.5. The third kappa shape index (κ3) is 4.14. The number of anilines is 1. The van der Waals surface area contributed by atoms with Crippen LogP contribution in [0.3, 0.4) is 0 Å². The minimum absolute atomic E-state index is 0.0170. The highest BCUT2D eigenvalue weighted by Gasteiger charge is 2.23. The molecule has 2 aromatic carbocycles. The Morgan fingerprint density at radius 3 is 2.64 bits per heavy atom. The number of fused-ring (bicyclic) bond motifs is 1. The molecule has 2 aromatic rings. The van der Waals surface area contributed by atoms with Gasteiger partial charge in [-0.25, -0.2) is 0 Å². The van der Waals surface area contributed by atoms with Gasteiger partial charge in [-0.3, -0.25) is 9.59 Å². The van der Waals surface area contributed by atoms with E-state index >= 15 is 0 Å². The summed E-state index contributed by atoms with van der Waals surface area (Å²) in [5, 5.41) is 6.10. The molecule has 0 spiro atoms. The van der Waals surface area contributed by atoms with Crippen LogP contribution in [-0.4, -0.2) is 17.9 Å². The Kier molecular flexibility index (Phi) is 5.53. The number of hydrogen-bond donors (Lipinski definition) is 2. The molecule has 28 heavy (non-hydrogen) atoms. The zero-order chi connectivity index (χ0) is 19.5. The summed E-state index contributed by atoms with van der Waals surface area (Å²) in [7, 11) is 0. The highest BCUT2D eigenvalue weighted by Crippen LogP contribution is 2.38. The van der Waals surface area contributed by atoms with E-state index < -0.39 is 0 Å². The van der Waals surface area contributed by atoms with Crippen molar-refractivity contribution in [3.63, 3.8) is 0 Å². The van der Waals surface area contributed by atoms with E-state index in [-0.39, 0.29) is 17.9 Å². The van der Waals surface area contributed by atoms with E-state index in [2.05, 4.69) is 17.6 Å². The molecule has 4 nitrogen and oxygen atoms in total. The maximum atomic E-state index is 12.6. The van der Waals surface area contributed by atoms with E-state index in [0.29, 0.717) is 16.4 Å². The molecule has 2 aliphatic rings. The third-order valence-corrected chi connectivity index (χ3v) is 6.58. The summed E-state index contributed by atoms with van der Waals surface area (Å²) in [6.07, 6.45) is 6.55. The summed E-state index contributed by atoms with van der Waals surface area (Å²) in [5.74, 6) is 0.417. The van der Waals surface area contributed by atoms with Crippen LogP contribution >= 0.6 is 11.8 Å². The lowest BCUT2D eigenvalue weighted by Crippen LogP contribution is -2.41. The van der Waals surface area contributed by atoms with Gasteiger partial charge in [-0.05, 0) is 54.7 Å². The predicted octanol–water partition coefficient (Wildman–Crippen LogP) is 5.08. The molecule has 1 aliphatic heterocycles. The smallest absolute Gasteiger partial charge is 0.262 e. The van der Waals surface area contributed by atoms with Gasteiger partial charge in [0.25, 0.3) is 11.8 Å². The van der Waals surface area contributed by atoms with Crippen molar-refractivity contribution in [1.29, 1.82) is 0 Å². The normalized spacial score (nSPS) is 23.0. The molecule has 0 aromatic heterocycles. The van der Waals surface area contributed by atoms with Crippen molar-refractivity contribution < 1.29 is 9.59 Å². The Hall–Kier alpha value is -2.53. The zero-order valence-corrected chi connectivity index (χ0v) is 16.7. The fourth-order valence-electron chi connectivity index (χ4n) is 3.77. The van der Waals surface area contributed by atoms with Crippen molar-refractivity contribution in [2.75, 3.05) is 5.32 Å². The molecular formula is C23H24N2O2S. The van der Waals surface area contributed by atoms with Crippen molar-refractivity contribution in [2.24, 2.45) is 5.92 Å². The van der Waals surface area contributed by atoms with E-state index in [0.717, 1.165) is 22.6 Å². The molecule has 5 heteroatoms. The van der Waals surface area contributed by atoms with E-state index in [1.807, 2.05) is 54.6 Å². The number of carbonyl (C=O) groups excluding carboxylic acids is 2. The molecule has 2 N–H and O–H groups in total. The van der Waals surface area contributed by atoms with E-state index in [1.165, 1.54) is 31.0 Å². The maximum absolute atomic E-state index is 12.6. The summed E-state index contributed by atoms with van der Waals surface area (Å²) in [6.45, 7) is 2.21. The van der Waals surface area contributed by atoms with Crippen LogP contribution in [0.25, 0.3) is 6.08 Å². The number of thioether (sulfide) groups is 1. The Morgan fingerprint density at radius 1 is 1.11 bits per heavy atom. The zero-order valence-electron chi connectivity index (χ0n) is 15.9. The third-order valence-electron chi connectivity index (χ3n) is 5.48. The Labute approximate surface area is 169 Å². The topological polar surface area (TPSA) is 58.2 Å². The number of nitrogens with one attached hydrogen (secondary N) is 2. The summed E-state index contributed by atoms with van der Waals surface area (Å²) in [5.41, 5.74) is 2.41. The van der Waals surface area contributed by atoms with Gasteiger partial charge in [0.05, 0.1) is 10.6 Å². The lowest BCUT2D eigenvalue weighted by atomic mass is 9.86. The minimum Gasteiger partial charge on any atom is -0.349 e. The van der Waals surface area contributed by atoms with E-state index in [9.17, 15) is 9.59 Å². The Balaban J connectivity index is 1.45. The second kappa shape index (κ2) is 8.23. The highest BCUT2D eigenvalue weighted by molar-refractivity contribution is 8.04. The molecule has 1 aliphatic carbocycles.